The summed E-state index contributed by atoms with van der Waals surface area (Å²) in [5.41, 5.74) is 4.96. The van der Waals surface area contributed by atoms with Crippen molar-refractivity contribution in [1.82, 2.24) is 0 Å². The number of allylic oxidation sites excluding steroid dienone is 2. The summed E-state index contributed by atoms with van der Waals surface area (Å²) in [6.07, 6.45) is 0. The van der Waals surface area contributed by atoms with Gasteiger partial charge in [0, 0.05) is 11.3 Å². The van der Waals surface area contributed by atoms with Crippen LogP contribution in [0.5, 0.6) is 0 Å². The van der Waals surface area contributed by atoms with E-state index in [0.29, 0.717) is 0 Å². The lowest BCUT2D eigenvalue weighted by atomic mass is 9.84. The number of fused-ring (bicyclic) bond motifs is 1. The number of ketones is 2. The van der Waals surface area contributed by atoms with E-state index < -0.39 is 22.7 Å². The number of hydrogen-bond acceptors (Lipinski definition) is 5. The van der Waals surface area contributed by atoms with Crippen LogP contribution in [0.1, 0.15) is 20.7 Å². The van der Waals surface area contributed by atoms with Gasteiger partial charge in [-0.05, 0) is 6.07 Å². The van der Waals surface area contributed by atoms with Crippen LogP contribution in [0.4, 0.5) is 5.69 Å². The third-order valence-corrected chi connectivity index (χ3v) is 2.50. The highest BCUT2D eigenvalue weighted by Crippen LogP contribution is 2.29. The Morgan fingerprint density at radius 2 is 1.59 bits per heavy atom. The number of anilines is 1. The SMILES string of the molecule is N#CC1=C(C#N)C(=O)c2c(N)cccc2C1=O. The van der Waals surface area contributed by atoms with Crippen molar-refractivity contribution < 1.29 is 9.59 Å². The van der Waals surface area contributed by atoms with Gasteiger partial charge in [0.2, 0.25) is 11.6 Å². The lowest BCUT2D eigenvalue weighted by Crippen LogP contribution is -2.22. The molecule has 2 rings (SSSR count). The van der Waals surface area contributed by atoms with Crippen molar-refractivity contribution in [3.8, 4) is 12.1 Å². The minimum atomic E-state index is -0.670. The number of nitrogens with zero attached hydrogens (tertiary/aromatic N) is 2. The number of nitriles is 2. The van der Waals surface area contributed by atoms with Crippen LogP contribution in [-0.4, -0.2) is 11.6 Å². The number of carbonyl (C=O) groups is 2. The van der Waals surface area contributed by atoms with Gasteiger partial charge in [-0.2, -0.15) is 10.5 Å². The zero-order valence-corrected chi connectivity index (χ0v) is 8.52. The van der Waals surface area contributed by atoms with E-state index in [9.17, 15) is 9.59 Å². The topological polar surface area (TPSA) is 108 Å². The summed E-state index contributed by atoms with van der Waals surface area (Å²) in [6.45, 7) is 0. The minimum absolute atomic E-state index is 0.00745. The molecule has 0 amide bonds. The number of rotatable bonds is 0. The molecular weight excluding hydrogens is 218 g/mol. The van der Waals surface area contributed by atoms with Gasteiger partial charge >= 0.3 is 0 Å². The molecule has 0 heterocycles. The highest BCUT2D eigenvalue weighted by atomic mass is 16.1. The molecule has 0 bridgehead atoms. The molecule has 1 aliphatic rings. The number of carbonyl (C=O) groups excluding carboxylic acids is 2. The molecule has 0 saturated heterocycles. The Labute approximate surface area is 96.4 Å². The first-order valence-corrected chi connectivity index (χ1v) is 4.64. The van der Waals surface area contributed by atoms with Crippen molar-refractivity contribution in [2.24, 2.45) is 0 Å². The van der Waals surface area contributed by atoms with Gasteiger partial charge in [0.05, 0.1) is 5.56 Å². The van der Waals surface area contributed by atoms with Crippen LogP contribution < -0.4 is 5.73 Å². The molecule has 0 spiro atoms. The van der Waals surface area contributed by atoms with Crippen molar-refractivity contribution in [3.05, 3.63) is 40.5 Å². The van der Waals surface area contributed by atoms with Crippen LogP contribution in [-0.2, 0) is 0 Å². The van der Waals surface area contributed by atoms with E-state index in [2.05, 4.69) is 0 Å². The van der Waals surface area contributed by atoms with Crippen LogP contribution in [0.3, 0.4) is 0 Å². The average Bonchev–Trinajstić information content (AvgIpc) is 2.33. The third-order valence-electron chi connectivity index (χ3n) is 2.50. The number of nitrogens with two attached hydrogens (primary N) is 1. The second kappa shape index (κ2) is 3.58. The van der Waals surface area contributed by atoms with Gasteiger partial charge in [-0.1, -0.05) is 12.1 Å². The number of nitrogen functional groups attached to an aromatic ring is 1. The minimum Gasteiger partial charge on any atom is -0.398 e. The van der Waals surface area contributed by atoms with E-state index >= 15 is 0 Å². The van der Waals surface area contributed by atoms with Gasteiger partial charge in [-0.3, -0.25) is 9.59 Å². The van der Waals surface area contributed by atoms with Crippen molar-refractivity contribution in [1.29, 1.82) is 10.5 Å². The quantitative estimate of drug-likeness (QED) is 0.660. The number of Topliss-reactive ketones (excluding diaryl/α,β-unsaturated/α-hetero) is 2. The maximum absolute atomic E-state index is 11.9. The molecule has 0 aromatic heterocycles. The fourth-order valence-electron chi connectivity index (χ4n) is 1.71. The molecule has 1 aromatic carbocycles. The Hall–Kier alpha value is -2.92. The van der Waals surface area contributed by atoms with Crippen molar-refractivity contribution in [2.45, 2.75) is 0 Å². The number of hydrogen-bond donors (Lipinski definition) is 1. The van der Waals surface area contributed by atoms with E-state index in [1.165, 1.54) is 18.2 Å². The highest BCUT2D eigenvalue weighted by Gasteiger charge is 2.33. The molecule has 0 aliphatic heterocycles. The van der Waals surface area contributed by atoms with Crippen LogP contribution in [0.2, 0.25) is 0 Å². The summed E-state index contributed by atoms with van der Waals surface area (Å²) in [6, 6.07) is 7.58. The van der Waals surface area contributed by atoms with Gasteiger partial charge in [-0.15, -0.1) is 0 Å². The monoisotopic (exact) mass is 223 g/mol. The van der Waals surface area contributed by atoms with Crippen molar-refractivity contribution >= 4 is 17.3 Å². The summed E-state index contributed by atoms with van der Waals surface area (Å²) in [5.74, 6) is -1.30. The molecule has 5 heteroatoms. The fraction of sp³-hybridized carbons (Fsp3) is 0. The Morgan fingerprint density at radius 1 is 1.00 bits per heavy atom. The lowest BCUT2D eigenvalue weighted by Gasteiger charge is -2.15. The molecule has 1 aliphatic carbocycles. The molecule has 0 radical (unpaired) electrons. The maximum atomic E-state index is 11.9. The van der Waals surface area contributed by atoms with Gasteiger partial charge in [0.1, 0.15) is 23.3 Å². The largest absolute Gasteiger partial charge is 0.398 e. The van der Waals surface area contributed by atoms with E-state index in [-0.39, 0.29) is 16.8 Å². The van der Waals surface area contributed by atoms with E-state index in [0.717, 1.165) is 0 Å². The zero-order valence-electron chi connectivity index (χ0n) is 8.52. The molecule has 1 aromatic rings. The summed E-state index contributed by atoms with van der Waals surface area (Å²) < 4.78 is 0. The molecule has 2 N–H and O–H groups in total. The summed E-state index contributed by atoms with van der Waals surface area (Å²) in [7, 11) is 0. The number of benzene rings is 1. The van der Waals surface area contributed by atoms with Gasteiger partial charge in [-0.25, -0.2) is 0 Å². The molecule has 0 fully saturated rings. The molecule has 0 saturated carbocycles. The first kappa shape index (κ1) is 10.6. The average molecular weight is 223 g/mol. The van der Waals surface area contributed by atoms with Gasteiger partial charge in [0.25, 0.3) is 0 Å². The van der Waals surface area contributed by atoms with Gasteiger partial charge < -0.3 is 5.73 Å². The van der Waals surface area contributed by atoms with Gasteiger partial charge in [0.15, 0.2) is 0 Å². The summed E-state index contributed by atoms with van der Waals surface area (Å²) in [5, 5.41) is 17.6. The van der Waals surface area contributed by atoms with E-state index in [1.807, 2.05) is 0 Å². The van der Waals surface area contributed by atoms with Crippen molar-refractivity contribution in [3.63, 3.8) is 0 Å². The van der Waals surface area contributed by atoms with Crippen LogP contribution >= 0.6 is 0 Å². The molecule has 80 valence electrons. The predicted octanol–water partition coefficient (Wildman–Crippen LogP) is 0.992. The lowest BCUT2D eigenvalue weighted by molar-refractivity contribution is 0.0982. The standard InChI is InChI=1S/C12H5N3O2/c13-4-7-8(5-14)12(17)10-6(11(7)16)2-1-3-9(10)15/h1-3H,15H2. The fourth-order valence-corrected chi connectivity index (χ4v) is 1.71. The van der Waals surface area contributed by atoms with E-state index in [1.54, 1.807) is 12.1 Å². The second-order valence-corrected chi connectivity index (χ2v) is 3.40. The normalized spacial score (nSPS) is 14.0. The third kappa shape index (κ3) is 1.30. The first-order valence-electron chi connectivity index (χ1n) is 4.64. The van der Waals surface area contributed by atoms with Crippen LogP contribution in [0, 0.1) is 22.7 Å². The second-order valence-electron chi connectivity index (χ2n) is 3.40. The summed E-state index contributed by atoms with van der Waals surface area (Å²) in [4.78, 5) is 23.8. The Morgan fingerprint density at radius 3 is 2.18 bits per heavy atom. The van der Waals surface area contributed by atoms with Crippen molar-refractivity contribution in [2.75, 3.05) is 5.73 Å². The van der Waals surface area contributed by atoms with E-state index in [4.69, 9.17) is 16.3 Å². The van der Waals surface area contributed by atoms with Crippen LogP contribution in [0.15, 0.2) is 29.3 Å². The Bertz CT molecular complexity index is 672. The molecule has 5 nitrogen and oxygen atoms in total. The highest BCUT2D eigenvalue weighted by molar-refractivity contribution is 6.31. The summed E-state index contributed by atoms with van der Waals surface area (Å²) >= 11 is 0. The molecule has 17 heavy (non-hydrogen) atoms. The smallest absolute Gasteiger partial charge is 0.207 e. The molecule has 0 atom stereocenters. The van der Waals surface area contributed by atoms with Crippen LogP contribution in [0.25, 0.3) is 0 Å². The molecular formula is C12H5N3O2. The Balaban J connectivity index is 2.85. The first-order chi connectivity index (χ1) is 8.11. The molecule has 0 unspecified atom stereocenters. The Kier molecular flexibility index (Phi) is 2.23. The predicted molar refractivity (Wildman–Crippen MR) is 57.8 cm³/mol. The zero-order chi connectivity index (χ0) is 12.6. The maximum Gasteiger partial charge on any atom is 0.207 e.